The molecule has 2 aromatic carbocycles. The Bertz CT molecular complexity index is 1540. The smallest absolute Gasteiger partial charge is 0.337 e. The van der Waals surface area contributed by atoms with Gasteiger partial charge in [-0.1, -0.05) is 23.5 Å². The van der Waals surface area contributed by atoms with Crippen molar-refractivity contribution in [2.75, 3.05) is 17.7 Å². The number of rotatable bonds is 5. The van der Waals surface area contributed by atoms with E-state index in [4.69, 9.17) is 0 Å². The number of thiazole rings is 1. The minimum absolute atomic E-state index is 0.0278. The molecule has 2 aromatic heterocycles. The van der Waals surface area contributed by atoms with Gasteiger partial charge in [-0.15, -0.1) is 0 Å². The summed E-state index contributed by atoms with van der Waals surface area (Å²) in [4.78, 5) is 55.7. The second kappa shape index (κ2) is 9.51. The van der Waals surface area contributed by atoms with Gasteiger partial charge in [0.1, 0.15) is 10.6 Å². The van der Waals surface area contributed by atoms with Crippen molar-refractivity contribution < 1.29 is 19.1 Å². The standard InChI is InChI=1S/C25H22N4O5S/c1-13-6-5-7-18(15(13)3)28-22(31)20-21(35-25-26-14(2)12-19(30)29(20)25)23(32)27-17-10-8-16(9-11-17)24(33)34-4/h5-12H,1-4H3,(H,27,32)(H,28,31). The van der Waals surface area contributed by atoms with Crippen LogP contribution in [0, 0.1) is 20.8 Å². The Morgan fingerprint density at radius 2 is 1.69 bits per heavy atom. The molecule has 2 N–H and O–H groups in total. The monoisotopic (exact) mass is 490 g/mol. The fourth-order valence-corrected chi connectivity index (χ4v) is 4.58. The summed E-state index contributed by atoms with van der Waals surface area (Å²) in [7, 11) is 1.28. The molecular formula is C25H22N4O5S. The van der Waals surface area contributed by atoms with Crippen molar-refractivity contribution in [1.29, 1.82) is 0 Å². The molecule has 0 aliphatic rings. The zero-order chi connectivity index (χ0) is 25.3. The first kappa shape index (κ1) is 23.8. The van der Waals surface area contributed by atoms with Crippen LogP contribution in [-0.4, -0.2) is 34.3 Å². The molecule has 178 valence electrons. The second-order valence-electron chi connectivity index (χ2n) is 7.86. The summed E-state index contributed by atoms with van der Waals surface area (Å²) in [6, 6.07) is 12.9. The van der Waals surface area contributed by atoms with E-state index in [1.807, 2.05) is 26.0 Å². The zero-order valence-corrected chi connectivity index (χ0v) is 20.3. The van der Waals surface area contributed by atoms with Crippen LogP contribution in [0.15, 0.2) is 53.3 Å². The number of carbonyl (C=O) groups is 3. The van der Waals surface area contributed by atoms with Crippen LogP contribution >= 0.6 is 11.3 Å². The maximum absolute atomic E-state index is 13.4. The molecule has 10 heteroatoms. The lowest BCUT2D eigenvalue weighted by molar-refractivity contribution is 0.0600. The van der Waals surface area contributed by atoms with Gasteiger partial charge in [-0.25, -0.2) is 14.2 Å². The molecule has 9 nitrogen and oxygen atoms in total. The predicted octanol–water partition coefficient (Wildman–Crippen LogP) is 3.97. The van der Waals surface area contributed by atoms with Crippen LogP contribution in [0.1, 0.15) is 47.3 Å². The summed E-state index contributed by atoms with van der Waals surface area (Å²) in [5, 5.41) is 5.54. The van der Waals surface area contributed by atoms with Crippen molar-refractivity contribution in [2.24, 2.45) is 0 Å². The van der Waals surface area contributed by atoms with Crippen LogP contribution in [0.2, 0.25) is 0 Å². The number of nitrogens with zero attached hydrogens (tertiary/aromatic N) is 2. The van der Waals surface area contributed by atoms with E-state index < -0.39 is 23.3 Å². The molecule has 4 aromatic rings. The van der Waals surface area contributed by atoms with Crippen LogP contribution in [0.3, 0.4) is 0 Å². The number of nitrogens with one attached hydrogen (secondary N) is 2. The lowest BCUT2D eigenvalue weighted by atomic mass is 10.1. The molecule has 0 fully saturated rings. The third-order valence-electron chi connectivity index (χ3n) is 5.49. The number of anilines is 2. The van der Waals surface area contributed by atoms with Gasteiger partial charge < -0.3 is 15.4 Å². The molecule has 0 radical (unpaired) electrons. The molecule has 0 saturated carbocycles. The van der Waals surface area contributed by atoms with Crippen molar-refractivity contribution in [3.63, 3.8) is 0 Å². The van der Waals surface area contributed by atoms with Crippen LogP contribution < -0.4 is 16.2 Å². The molecular weight excluding hydrogens is 468 g/mol. The Kier molecular flexibility index (Phi) is 6.48. The first-order chi connectivity index (χ1) is 16.7. The van der Waals surface area contributed by atoms with E-state index in [-0.39, 0.29) is 15.5 Å². The van der Waals surface area contributed by atoms with E-state index in [9.17, 15) is 19.2 Å². The normalized spacial score (nSPS) is 10.7. The van der Waals surface area contributed by atoms with E-state index in [1.165, 1.54) is 25.3 Å². The van der Waals surface area contributed by atoms with Crippen molar-refractivity contribution in [1.82, 2.24) is 9.38 Å². The topological polar surface area (TPSA) is 119 Å². The van der Waals surface area contributed by atoms with Gasteiger partial charge in [-0.2, -0.15) is 0 Å². The van der Waals surface area contributed by atoms with Gasteiger partial charge in [0.25, 0.3) is 17.4 Å². The number of esters is 1. The van der Waals surface area contributed by atoms with Crippen molar-refractivity contribution >= 4 is 45.5 Å². The van der Waals surface area contributed by atoms with E-state index in [2.05, 4.69) is 20.4 Å². The molecule has 4 rings (SSSR count). The highest BCUT2D eigenvalue weighted by molar-refractivity contribution is 7.19. The Balaban J connectivity index is 1.75. The summed E-state index contributed by atoms with van der Waals surface area (Å²) >= 11 is 0.942. The first-order valence-corrected chi connectivity index (χ1v) is 11.4. The Hall–Kier alpha value is -4.31. The largest absolute Gasteiger partial charge is 0.465 e. The van der Waals surface area contributed by atoms with Crippen LogP contribution in [-0.2, 0) is 4.74 Å². The summed E-state index contributed by atoms with van der Waals surface area (Å²) in [5.74, 6) is -1.70. The van der Waals surface area contributed by atoms with E-state index in [1.54, 1.807) is 25.1 Å². The average molecular weight is 491 g/mol. The van der Waals surface area contributed by atoms with Gasteiger partial charge in [0.05, 0.1) is 12.7 Å². The summed E-state index contributed by atoms with van der Waals surface area (Å²) in [6.07, 6.45) is 0. The highest BCUT2D eigenvalue weighted by Crippen LogP contribution is 2.25. The summed E-state index contributed by atoms with van der Waals surface area (Å²) in [5.41, 5.74) is 3.07. The number of hydrogen-bond donors (Lipinski definition) is 2. The second-order valence-corrected chi connectivity index (χ2v) is 8.84. The molecule has 2 amide bonds. The first-order valence-electron chi connectivity index (χ1n) is 10.6. The number of amides is 2. The highest BCUT2D eigenvalue weighted by atomic mass is 32.1. The van der Waals surface area contributed by atoms with Gasteiger partial charge >= 0.3 is 5.97 Å². The third kappa shape index (κ3) is 4.69. The fourth-order valence-electron chi connectivity index (χ4n) is 3.51. The number of aromatic nitrogens is 2. The molecule has 35 heavy (non-hydrogen) atoms. The Morgan fingerprint density at radius 1 is 0.971 bits per heavy atom. The van der Waals surface area contributed by atoms with Crippen molar-refractivity contribution in [2.45, 2.75) is 20.8 Å². The average Bonchev–Trinajstić information content (AvgIpc) is 3.22. The number of fused-ring (bicyclic) bond motifs is 1. The van der Waals surface area contributed by atoms with Crippen molar-refractivity contribution in [3.05, 3.63) is 91.8 Å². The molecule has 0 aliphatic heterocycles. The Morgan fingerprint density at radius 3 is 2.37 bits per heavy atom. The van der Waals surface area contributed by atoms with Crippen LogP contribution in [0.25, 0.3) is 4.96 Å². The van der Waals surface area contributed by atoms with Gasteiger partial charge in [-0.05, 0) is 62.2 Å². The SMILES string of the molecule is COC(=O)c1ccc(NC(=O)c2sc3nc(C)cc(=O)n3c2C(=O)Nc2cccc(C)c2C)cc1. The number of aryl methyl sites for hydroxylation is 2. The van der Waals surface area contributed by atoms with Gasteiger partial charge in [0.2, 0.25) is 0 Å². The molecule has 0 saturated heterocycles. The third-order valence-corrected chi connectivity index (χ3v) is 6.53. The summed E-state index contributed by atoms with van der Waals surface area (Å²) in [6.45, 7) is 5.46. The van der Waals surface area contributed by atoms with Crippen LogP contribution in [0.4, 0.5) is 11.4 Å². The van der Waals surface area contributed by atoms with Gasteiger partial charge in [0.15, 0.2) is 4.96 Å². The van der Waals surface area contributed by atoms with Crippen molar-refractivity contribution in [3.8, 4) is 0 Å². The quantitative estimate of drug-likeness (QED) is 0.409. The maximum atomic E-state index is 13.4. The molecule has 0 aliphatic carbocycles. The highest BCUT2D eigenvalue weighted by Gasteiger charge is 2.26. The molecule has 2 heterocycles. The number of ether oxygens (including phenoxy) is 1. The minimum atomic E-state index is -0.608. The molecule has 0 bridgehead atoms. The Labute approximate surface area is 204 Å². The lowest BCUT2D eigenvalue weighted by Gasteiger charge is -2.11. The molecule has 0 unspecified atom stereocenters. The predicted molar refractivity (Wildman–Crippen MR) is 134 cm³/mol. The number of methoxy groups -OCH3 is 1. The molecule has 0 spiro atoms. The minimum Gasteiger partial charge on any atom is -0.465 e. The number of hydrogen-bond acceptors (Lipinski definition) is 7. The lowest BCUT2D eigenvalue weighted by Crippen LogP contribution is -2.25. The van der Waals surface area contributed by atoms with Crippen LogP contribution in [0.5, 0.6) is 0 Å². The fraction of sp³-hybridized carbons (Fsp3) is 0.160. The van der Waals surface area contributed by atoms with E-state index in [0.29, 0.717) is 22.6 Å². The van der Waals surface area contributed by atoms with Gasteiger partial charge in [-0.3, -0.25) is 14.4 Å². The van der Waals surface area contributed by atoms with E-state index in [0.717, 1.165) is 26.9 Å². The van der Waals surface area contributed by atoms with Gasteiger partial charge in [0, 0.05) is 23.1 Å². The number of carbonyl (C=O) groups excluding carboxylic acids is 3. The zero-order valence-electron chi connectivity index (χ0n) is 19.5. The molecule has 0 atom stereocenters. The summed E-state index contributed by atoms with van der Waals surface area (Å²) < 4.78 is 5.83. The van der Waals surface area contributed by atoms with E-state index >= 15 is 0 Å². The maximum Gasteiger partial charge on any atom is 0.337 e. The number of benzene rings is 2.